The molecule has 0 unspecified atom stereocenters. The average molecular weight is 477 g/mol. The molecular formula is C28H35F3O3. The zero-order chi connectivity index (χ0) is 24.3. The van der Waals surface area contributed by atoms with E-state index >= 15 is 0 Å². The molecule has 0 aliphatic heterocycles. The average Bonchev–Trinajstić information content (AvgIpc) is 2.83. The van der Waals surface area contributed by atoms with Gasteiger partial charge in [0.1, 0.15) is 11.3 Å². The maximum atomic E-state index is 14.3. The number of hydrogen-bond donors (Lipinski definition) is 0. The lowest BCUT2D eigenvalue weighted by molar-refractivity contribution is -0.155. The Hall–Kier alpha value is -2.24. The fraction of sp³-hybridized carbons (Fsp3) is 0.607. The zero-order valence-corrected chi connectivity index (χ0v) is 20.2. The van der Waals surface area contributed by atoms with Gasteiger partial charge in [-0.2, -0.15) is 13.2 Å². The Labute approximate surface area is 200 Å². The van der Waals surface area contributed by atoms with Gasteiger partial charge in [-0.1, -0.05) is 50.5 Å². The minimum absolute atomic E-state index is 0.0741. The molecule has 0 saturated heterocycles. The summed E-state index contributed by atoms with van der Waals surface area (Å²) >= 11 is 0. The predicted molar refractivity (Wildman–Crippen MR) is 127 cm³/mol. The number of methoxy groups -OCH3 is 1. The van der Waals surface area contributed by atoms with Crippen LogP contribution in [0.3, 0.4) is 0 Å². The molecule has 0 heterocycles. The standard InChI is InChI=1S/C28H35F3O3/c1-19-9-11-21(12-10-19)34-24-14-13-22-20(7-6-8-23(22)25(24)28(29,30)31)15-18-27(26(32)33-2)16-4-3-5-17-27/h6-8,13-14,19,21H,3-5,9-12,15-18H2,1-2H3. The van der Waals surface area contributed by atoms with Crippen LogP contribution in [0.1, 0.15) is 82.3 Å². The van der Waals surface area contributed by atoms with Gasteiger partial charge in [0.15, 0.2) is 0 Å². The van der Waals surface area contributed by atoms with Gasteiger partial charge in [-0.05, 0) is 79.7 Å². The second-order valence-corrected chi connectivity index (χ2v) is 10.3. The monoisotopic (exact) mass is 476 g/mol. The Balaban J connectivity index is 1.65. The molecule has 2 aromatic carbocycles. The summed E-state index contributed by atoms with van der Waals surface area (Å²) in [6.07, 6.45) is 4.54. The van der Waals surface area contributed by atoms with Crippen molar-refractivity contribution in [1.29, 1.82) is 0 Å². The van der Waals surface area contributed by atoms with Crippen LogP contribution in [0.15, 0.2) is 30.3 Å². The van der Waals surface area contributed by atoms with Crippen LogP contribution in [0, 0.1) is 11.3 Å². The van der Waals surface area contributed by atoms with E-state index in [1.165, 1.54) is 19.2 Å². The topological polar surface area (TPSA) is 35.5 Å². The Bertz CT molecular complexity index is 1000. The molecular weight excluding hydrogens is 441 g/mol. The van der Waals surface area contributed by atoms with Gasteiger partial charge in [-0.15, -0.1) is 0 Å². The molecule has 2 fully saturated rings. The highest BCUT2D eigenvalue weighted by Crippen LogP contribution is 2.45. The van der Waals surface area contributed by atoms with Gasteiger partial charge in [0, 0.05) is 0 Å². The van der Waals surface area contributed by atoms with Crippen molar-refractivity contribution in [2.75, 3.05) is 7.11 Å². The Morgan fingerprint density at radius 2 is 1.71 bits per heavy atom. The molecule has 0 aromatic heterocycles. The van der Waals surface area contributed by atoms with Crippen molar-refractivity contribution in [3.8, 4) is 5.75 Å². The summed E-state index contributed by atoms with van der Waals surface area (Å²) in [5.74, 6) is 0.328. The van der Waals surface area contributed by atoms with Crippen LogP contribution < -0.4 is 4.74 Å². The van der Waals surface area contributed by atoms with Crippen molar-refractivity contribution in [2.24, 2.45) is 11.3 Å². The van der Waals surface area contributed by atoms with E-state index in [4.69, 9.17) is 9.47 Å². The van der Waals surface area contributed by atoms with Gasteiger partial charge in [-0.25, -0.2) is 0 Å². The number of fused-ring (bicyclic) bond motifs is 1. The summed E-state index contributed by atoms with van der Waals surface area (Å²) in [5.41, 5.74) is -0.399. The molecule has 186 valence electrons. The van der Waals surface area contributed by atoms with Crippen LogP contribution in [0.25, 0.3) is 10.8 Å². The molecule has 6 heteroatoms. The number of aryl methyl sites for hydroxylation is 1. The van der Waals surface area contributed by atoms with E-state index < -0.39 is 17.2 Å². The van der Waals surface area contributed by atoms with E-state index in [0.29, 0.717) is 24.1 Å². The highest BCUT2D eigenvalue weighted by atomic mass is 19.4. The van der Waals surface area contributed by atoms with Crippen molar-refractivity contribution in [3.63, 3.8) is 0 Å². The van der Waals surface area contributed by atoms with E-state index in [1.54, 1.807) is 12.1 Å². The van der Waals surface area contributed by atoms with Crippen LogP contribution in [0.2, 0.25) is 0 Å². The SMILES string of the molecule is COC(=O)C1(CCc2cccc3c(C(F)(F)F)c(OC4CCC(C)CC4)ccc23)CCCCC1. The summed E-state index contributed by atoms with van der Waals surface area (Å²) in [6, 6.07) is 8.34. The van der Waals surface area contributed by atoms with Gasteiger partial charge in [0.2, 0.25) is 0 Å². The van der Waals surface area contributed by atoms with Crippen molar-refractivity contribution >= 4 is 16.7 Å². The molecule has 3 nitrogen and oxygen atoms in total. The molecule has 4 rings (SSSR count). The first kappa shape index (κ1) is 24.9. The largest absolute Gasteiger partial charge is 0.490 e. The quantitative estimate of drug-likeness (QED) is 0.398. The molecule has 2 saturated carbocycles. The Morgan fingerprint density at radius 1 is 1.00 bits per heavy atom. The lowest BCUT2D eigenvalue weighted by Gasteiger charge is -2.34. The number of alkyl halides is 3. The molecule has 0 atom stereocenters. The minimum Gasteiger partial charge on any atom is -0.490 e. The van der Waals surface area contributed by atoms with E-state index in [2.05, 4.69) is 6.92 Å². The fourth-order valence-electron chi connectivity index (χ4n) is 5.91. The van der Waals surface area contributed by atoms with E-state index in [1.807, 2.05) is 6.07 Å². The Kier molecular flexibility index (Phi) is 7.44. The number of rotatable bonds is 6. The van der Waals surface area contributed by atoms with Crippen LogP contribution in [-0.2, 0) is 22.1 Å². The number of carbonyl (C=O) groups excluding carboxylic acids is 1. The van der Waals surface area contributed by atoms with Crippen LogP contribution in [0.5, 0.6) is 5.75 Å². The Morgan fingerprint density at radius 3 is 2.35 bits per heavy atom. The molecule has 2 aliphatic carbocycles. The molecule has 0 spiro atoms. The van der Waals surface area contributed by atoms with Gasteiger partial charge in [0.25, 0.3) is 0 Å². The highest BCUT2D eigenvalue weighted by Gasteiger charge is 2.41. The smallest absolute Gasteiger partial charge is 0.420 e. The number of carbonyl (C=O) groups is 1. The lowest BCUT2D eigenvalue weighted by atomic mass is 9.70. The molecule has 0 N–H and O–H groups in total. The number of benzene rings is 2. The zero-order valence-electron chi connectivity index (χ0n) is 20.2. The van der Waals surface area contributed by atoms with Gasteiger partial charge < -0.3 is 9.47 Å². The number of hydrogen-bond acceptors (Lipinski definition) is 3. The van der Waals surface area contributed by atoms with Crippen LogP contribution in [-0.4, -0.2) is 19.2 Å². The third kappa shape index (κ3) is 5.21. The van der Waals surface area contributed by atoms with Crippen LogP contribution >= 0.6 is 0 Å². The van der Waals surface area contributed by atoms with E-state index in [9.17, 15) is 18.0 Å². The fourth-order valence-corrected chi connectivity index (χ4v) is 5.91. The second-order valence-electron chi connectivity index (χ2n) is 10.3. The molecule has 0 bridgehead atoms. The van der Waals surface area contributed by atoms with Gasteiger partial charge in [0.05, 0.1) is 18.6 Å². The number of esters is 1. The van der Waals surface area contributed by atoms with Crippen molar-refractivity contribution in [3.05, 3.63) is 41.5 Å². The summed E-state index contributed by atoms with van der Waals surface area (Å²) in [6.45, 7) is 2.17. The highest BCUT2D eigenvalue weighted by molar-refractivity contribution is 5.91. The molecule has 34 heavy (non-hydrogen) atoms. The first-order valence-electron chi connectivity index (χ1n) is 12.6. The maximum absolute atomic E-state index is 14.3. The van der Waals surface area contributed by atoms with E-state index in [0.717, 1.165) is 63.4 Å². The van der Waals surface area contributed by atoms with E-state index in [-0.39, 0.29) is 23.2 Å². The first-order chi connectivity index (χ1) is 16.2. The lowest BCUT2D eigenvalue weighted by Crippen LogP contribution is -2.35. The second kappa shape index (κ2) is 10.2. The maximum Gasteiger partial charge on any atom is 0.420 e. The third-order valence-electron chi connectivity index (χ3n) is 7.96. The summed E-state index contributed by atoms with van der Waals surface area (Å²) < 4.78 is 53.9. The molecule has 2 aliphatic rings. The summed E-state index contributed by atoms with van der Waals surface area (Å²) in [4.78, 5) is 12.6. The number of ether oxygens (including phenoxy) is 2. The summed E-state index contributed by atoms with van der Waals surface area (Å²) in [5, 5.41) is 0.748. The van der Waals surface area contributed by atoms with Gasteiger partial charge in [-0.3, -0.25) is 4.79 Å². The normalized spacial score (nSPS) is 23.0. The first-order valence-corrected chi connectivity index (χ1v) is 12.6. The molecule has 2 aromatic rings. The predicted octanol–water partition coefficient (Wildman–Crippen LogP) is 7.87. The van der Waals surface area contributed by atoms with Crippen molar-refractivity contribution < 1.29 is 27.4 Å². The van der Waals surface area contributed by atoms with Crippen molar-refractivity contribution in [1.82, 2.24) is 0 Å². The minimum atomic E-state index is -4.52. The number of halogens is 3. The van der Waals surface area contributed by atoms with Crippen LogP contribution in [0.4, 0.5) is 13.2 Å². The molecule has 0 amide bonds. The van der Waals surface area contributed by atoms with Crippen molar-refractivity contribution in [2.45, 2.75) is 89.8 Å². The van der Waals surface area contributed by atoms with Gasteiger partial charge >= 0.3 is 12.1 Å². The summed E-state index contributed by atoms with van der Waals surface area (Å²) in [7, 11) is 1.42. The third-order valence-corrected chi connectivity index (χ3v) is 7.96. The molecule has 0 radical (unpaired) electrons.